The van der Waals surface area contributed by atoms with E-state index in [9.17, 15) is 18.0 Å². The summed E-state index contributed by atoms with van der Waals surface area (Å²) in [4.78, 5) is 13.4. The highest BCUT2D eigenvalue weighted by Gasteiger charge is 2.44. The average molecular weight is 227 g/mol. The standard InChI is InChI=1S/C11H8F3NO/c12-11(13,14)9-4-2-1-3-7(9)8-5-10(8)15-6-16/h1-4,8,10H,5H2/t8-,10+/m1/s1. The van der Waals surface area contributed by atoms with E-state index in [0.717, 1.165) is 6.07 Å². The molecule has 0 heterocycles. The van der Waals surface area contributed by atoms with Gasteiger partial charge in [0.15, 0.2) is 0 Å². The molecule has 1 fully saturated rings. The van der Waals surface area contributed by atoms with Crippen LogP contribution in [-0.2, 0) is 11.0 Å². The van der Waals surface area contributed by atoms with Crippen LogP contribution in [-0.4, -0.2) is 12.1 Å². The van der Waals surface area contributed by atoms with E-state index < -0.39 is 11.7 Å². The number of benzene rings is 1. The third kappa shape index (κ3) is 1.99. The second kappa shape index (κ2) is 3.76. The van der Waals surface area contributed by atoms with E-state index in [1.165, 1.54) is 18.2 Å². The van der Waals surface area contributed by atoms with Gasteiger partial charge in [-0.15, -0.1) is 0 Å². The molecule has 2 atom stereocenters. The van der Waals surface area contributed by atoms with E-state index in [0.29, 0.717) is 6.42 Å². The molecule has 0 radical (unpaired) electrons. The van der Waals surface area contributed by atoms with Crippen molar-refractivity contribution in [2.24, 2.45) is 4.99 Å². The molecule has 1 saturated carbocycles. The molecule has 1 aromatic carbocycles. The third-order valence-electron chi connectivity index (χ3n) is 2.64. The van der Waals surface area contributed by atoms with Gasteiger partial charge < -0.3 is 0 Å². The van der Waals surface area contributed by atoms with E-state index in [1.807, 2.05) is 0 Å². The Balaban J connectivity index is 2.32. The van der Waals surface area contributed by atoms with Crippen molar-refractivity contribution >= 4 is 6.08 Å². The molecule has 1 aliphatic rings. The van der Waals surface area contributed by atoms with Gasteiger partial charge in [0, 0.05) is 5.92 Å². The number of hydrogen-bond acceptors (Lipinski definition) is 2. The summed E-state index contributed by atoms with van der Waals surface area (Å²) >= 11 is 0. The lowest BCUT2D eigenvalue weighted by Crippen LogP contribution is -2.08. The predicted molar refractivity (Wildman–Crippen MR) is 50.7 cm³/mol. The van der Waals surface area contributed by atoms with Crippen LogP contribution in [0.2, 0.25) is 0 Å². The molecule has 0 saturated heterocycles. The molecular formula is C11H8F3NO. The first-order valence-electron chi connectivity index (χ1n) is 4.77. The first kappa shape index (κ1) is 10.9. The first-order chi connectivity index (χ1) is 7.54. The molecule has 16 heavy (non-hydrogen) atoms. The van der Waals surface area contributed by atoms with E-state index >= 15 is 0 Å². The van der Waals surface area contributed by atoms with Gasteiger partial charge in [0.2, 0.25) is 6.08 Å². The molecule has 0 aliphatic heterocycles. The van der Waals surface area contributed by atoms with Crippen molar-refractivity contribution in [3.05, 3.63) is 35.4 Å². The molecule has 0 unspecified atom stereocenters. The van der Waals surface area contributed by atoms with Gasteiger partial charge in [-0.2, -0.15) is 13.2 Å². The number of isocyanates is 1. The fourth-order valence-electron chi connectivity index (χ4n) is 1.80. The van der Waals surface area contributed by atoms with Crippen molar-refractivity contribution in [1.82, 2.24) is 0 Å². The Morgan fingerprint density at radius 1 is 1.31 bits per heavy atom. The normalized spacial score (nSPS) is 23.7. The highest BCUT2D eigenvalue weighted by molar-refractivity contribution is 5.41. The fraction of sp³-hybridized carbons (Fsp3) is 0.364. The average Bonchev–Trinajstić information content (AvgIpc) is 2.97. The van der Waals surface area contributed by atoms with E-state index in [4.69, 9.17) is 0 Å². The quantitative estimate of drug-likeness (QED) is 0.564. The summed E-state index contributed by atoms with van der Waals surface area (Å²) in [5, 5.41) is 0. The van der Waals surface area contributed by atoms with Gasteiger partial charge in [0.05, 0.1) is 11.6 Å². The maximum Gasteiger partial charge on any atom is 0.416 e. The lowest BCUT2D eigenvalue weighted by molar-refractivity contribution is -0.138. The lowest BCUT2D eigenvalue weighted by atomic mass is 10.0. The number of nitrogens with zero attached hydrogens (tertiary/aromatic N) is 1. The van der Waals surface area contributed by atoms with Gasteiger partial charge >= 0.3 is 6.18 Å². The SMILES string of the molecule is O=C=N[C@H]1C[C@@H]1c1ccccc1C(F)(F)F. The summed E-state index contributed by atoms with van der Waals surface area (Å²) < 4.78 is 37.9. The third-order valence-corrected chi connectivity index (χ3v) is 2.64. The Kier molecular flexibility index (Phi) is 2.56. The van der Waals surface area contributed by atoms with Gasteiger partial charge in [-0.25, -0.2) is 9.79 Å². The molecule has 2 rings (SSSR count). The number of rotatable bonds is 2. The zero-order valence-electron chi connectivity index (χ0n) is 8.16. The van der Waals surface area contributed by atoms with Crippen LogP contribution >= 0.6 is 0 Å². The van der Waals surface area contributed by atoms with Gasteiger partial charge in [-0.3, -0.25) is 0 Å². The van der Waals surface area contributed by atoms with E-state index in [2.05, 4.69) is 4.99 Å². The van der Waals surface area contributed by atoms with Crippen LogP contribution in [0.5, 0.6) is 0 Å². The number of aliphatic imine (C=N–C) groups is 1. The minimum Gasteiger partial charge on any atom is -0.211 e. The second-order valence-electron chi connectivity index (χ2n) is 3.71. The maximum atomic E-state index is 12.6. The van der Waals surface area contributed by atoms with Crippen molar-refractivity contribution in [2.75, 3.05) is 0 Å². The zero-order valence-corrected chi connectivity index (χ0v) is 8.16. The number of carbonyl (C=O) groups excluding carboxylic acids is 1. The Morgan fingerprint density at radius 2 is 2.00 bits per heavy atom. The van der Waals surface area contributed by atoms with Crippen molar-refractivity contribution in [3.8, 4) is 0 Å². The minimum atomic E-state index is -4.35. The maximum absolute atomic E-state index is 12.6. The largest absolute Gasteiger partial charge is 0.416 e. The van der Waals surface area contributed by atoms with E-state index in [-0.39, 0.29) is 17.5 Å². The Morgan fingerprint density at radius 3 is 2.62 bits per heavy atom. The summed E-state index contributed by atoms with van der Waals surface area (Å²) in [5.74, 6) is -0.292. The van der Waals surface area contributed by atoms with Gasteiger partial charge in [0.25, 0.3) is 0 Å². The second-order valence-corrected chi connectivity index (χ2v) is 3.71. The van der Waals surface area contributed by atoms with Crippen LogP contribution < -0.4 is 0 Å². The van der Waals surface area contributed by atoms with Gasteiger partial charge in [-0.05, 0) is 18.1 Å². The highest BCUT2D eigenvalue weighted by atomic mass is 19.4. The topological polar surface area (TPSA) is 29.4 Å². The number of hydrogen-bond donors (Lipinski definition) is 0. The van der Waals surface area contributed by atoms with Crippen molar-refractivity contribution in [2.45, 2.75) is 24.6 Å². The molecule has 84 valence electrons. The van der Waals surface area contributed by atoms with Crippen LogP contribution in [0.15, 0.2) is 29.3 Å². The van der Waals surface area contributed by atoms with Crippen LogP contribution in [0.25, 0.3) is 0 Å². The van der Waals surface area contributed by atoms with Crippen LogP contribution in [0.1, 0.15) is 23.5 Å². The number of alkyl halides is 3. The molecule has 0 aromatic heterocycles. The predicted octanol–water partition coefficient (Wildman–Crippen LogP) is 2.90. The van der Waals surface area contributed by atoms with Crippen molar-refractivity contribution < 1.29 is 18.0 Å². The van der Waals surface area contributed by atoms with Gasteiger partial charge in [-0.1, -0.05) is 18.2 Å². The molecular weight excluding hydrogens is 219 g/mol. The molecule has 5 heteroatoms. The summed E-state index contributed by atoms with van der Waals surface area (Å²) in [5.41, 5.74) is -0.414. The van der Waals surface area contributed by atoms with Crippen LogP contribution in [0, 0.1) is 0 Å². The zero-order chi connectivity index (χ0) is 11.8. The van der Waals surface area contributed by atoms with Crippen LogP contribution in [0.4, 0.5) is 13.2 Å². The highest BCUT2D eigenvalue weighted by Crippen LogP contribution is 2.47. The molecule has 1 aromatic rings. The van der Waals surface area contributed by atoms with Crippen molar-refractivity contribution in [1.29, 1.82) is 0 Å². The molecule has 0 amide bonds. The monoisotopic (exact) mass is 227 g/mol. The van der Waals surface area contributed by atoms with Gasteiger partial charge in [0.1, 0.15) is 0 Å². The summed E-state index contributed by atoms with van der Waals surface area (Å²) in [6, 6.07) is 5.07. The smallest absolute Gasteiger partial charge is 0.211 e. The summed E-state index contributed by atoms with van der Waals surface area (Å²) in [6.45, 7) is 0. The Bertz CT molecular complexity index is 449. The Hall–Kier alpha value is -1.61. The fourth-order valence-corrected chi connectivity index (χ4v) is 1.80. The molecule has 0 bridgehead atoms. The first-order valence-corrected chi connectivity index (χ1v) is 4.77. The molecule has 0 spiro atoms. The summed E-state index contributed by atoms with van der Waals surface area (Å²) in [7, 11) is 0. The van der Waals surface area contributed by atoms with Crippen molar-refractivity contribution in [3.63, 3.8) is 0 Å². The minimum absolute atomic E-state index is 0.221. The Labute approximate surface area is 89.8 Å². The summed E-state index contributed by atoms with van der Waals surface area (Å²) in [6.07, 6.45) is -2.48. The van der Waals surface area contributed by atoms with Crippen LogP contribution in [0.3, 0.4) is 0 Å². The van der Waals surface area contributed by atoms with E-state index in [1.54, 1.807) is 6.07 Å². The number of halogens is 3. The molecule has 0 N–H and O–H groups in total. The molecule has 1 aliphatic carbocycles. The molecule has 2 nitrogen and oxygen atoms in total. The lowest BCUT2D eigenvalue weighted by Gasteiger charge is -2.11.